The highest BCUT2D eigenvalue weighted by Crippen LogP contribution is 2.36. The molecule has 2 fully saturated rings. The molecule has 1 saturated carbocycles. The number of nitrogens with zero attached hydrogens (tertiary/aromatic N) is 4. The molecule has 284 valence electrons. The smallest absolute Gasteiger partial charge is 0.412 e. The predicted molar refractivity (Wildman–Crippen MR) is 187 cm³/mol. The van der Waals surface area contributed by atoms with Crippen LogP contribution in [0, 0.1) is 5.92 Å². The first-order valence-electron chi connectivity index (χ1n) is 17.9. The molecular formula is C36H49F2N7O7. The van der Waals surface area contributed by atoms with Crippen LogP contribution in [0.2, 0.25) is 0 Å². The van der Waals surface area contributed by atoms with Crippen LogP contribution in [0.15, 0.2) is 24.4 Å². The van der Waals surface area contributed by atoms with E-state index >= 15 is 0 Å². The van der Waals surface area contributed by atoms with Gasteiger partial charge in [-0.25, -0.2) is 13.6 Å². The summed E-state index contributed by atoms with van der Waals surface area (Å²) in [6, 6.07) is 3.95. The van der Waals surface area contributed by atoms with Gasteiger partial charge in [-0.1, -0.05) is 6.07 Å². The number of hydrogen-bond donors (Lipinski definition) is 3. The number of anilines is 2. The van der Waals surface area contributed by atoms with Crippen molar-refractivity contribution in [2.45, 2.75) is 96.2 Å². The fraction of sp³-hybridized carbons (Fsp3) is 0.611. The zero-order chi connectivity index (χ0) is 37.6. The van der Waals surface area contributed by atoms with Gasteiger partial charge in [0.25, 0.3) is 18.2 Å². The van der Waals surface area contributed by atoms with E-state index in [4.69, 9.17) is 9.47 Å². The molecule has 1 aromatic carbocycles. The Morgan fingerprint density at radius 2 is 1.77 bits per heavy atom. The Morgan fingerprint density at radius 1 is 1.04 bits per heavy atom. The summed E-state index contributed by atoms with van der Waals surface area (Å²) in [5.41, 5.74) is -0.256. The van der Waals surface area contributed by atoms with E-state index < -0.39 is 53.5 Å². The molecule has 1 unspecified atom stereocenters. The van der Waals surface area contributed by atoms with E-state index in [0.717, 1.165) is 50.1 Å². The van der Waals surface area contributed by atoms with E-state index in [1.807, 2.05) is 0 Å². The van der Waals surface area contributed by atoms with E-state index in [-0.39, 0.29) is 35.7 Å². The molecule has 5 rings (SSSR count). The van der Waals surface area contributed by atoms with Gasteiger partial charge in [-0.2, -0.15) is 5.10 Å². The minimum Gasteiger partial charge on any atom is -0.444 e. The first-order chi connectivity index (χ1) is 24.7. The van der Waals surface area contributed by atoms with Gasteiger partial charge in [0.1, 0.15) is 11.6 Å². The van der Waals surface area contributed by atoms with Gasteiger partial charge in [0.15, 0.2) is 5.69 Å². The minimum absolute atomic E-state index is 0.0190. The lowest BCUT2D eigenvalue weighted by molar-refractivity contribution is -0.136. The highest BCUT2D eigenvalue weighted by molar-refractivity contribution is 6.25. The molecular weight excluding hydrogens is 680 g/mol. The number of imide groups is 2. The Labute approximate surface area is 301 Å². The largest absolute Gasteiger partial charge is 0.444 e. The van der Waals surface area contributed by atoms with Crippen molar-refractivity contribution in [2.24, 2.45) is 5.92 Å². The van der Waals surface area contributed by atoms with Gasteiger partial charge >= 0.3 is 6.09 Å². The summed E-state index contributed by atoms with van der Waals surface area (Å²) >= 11 is 0. The second-order valence-electron chi connectivity index (χ2n) is 14.7. The summed E-state index contributed by atoms with van der Waals surface area (Å²) in [5.74, 6) is -1.66. The summed E-state index contributed by atoms with van der Waals surface area (Å²) in [6.45, 7) is 8.52. The fourth-order valence-electron chi connectivity index (χ4n) is 6.99. The Morgan fingerprint density at radius 3 is 2.46 bits per heavy atom. The van der Waals surface area contributed by atoms with Crippen molar-refractivity contribution >= 4 is 41.1 Å². The Balaban J connectivity index is 0.968. The van der Waals surface area contributed by atoms with E-state index in [1.54, 1.807) is 43.7 Å². The number of halogens is 2. The van der Waals surface area contributed by atoms with Gasteiger partial charge in [0, 0.05) is 51.2 Å². The van der Waals surface area contributed by atoms with Gasteiger partial charge in [-0.05, 0) is 90.8 Å². The predicted octanol–water partition coefficient (Wildman–Crippen LogP) is 5.14. The van der Waals surface area contributed by atoms with Crippen LogP contribution >= 0.6 is 0 Å². The number of alkyl halides is 2. The second-order valence-corrected chi connectivity index (χ2v) is 14.7. The van der Waals surface area contributed by atoms with Crippen molar-refractivity contribution in [2.75, 3.05) is 50.5 Å². The maximum absolute atomic E-state index is 13.7. The maximum atomic E-state index is 13.7. The summed E-state index contributed by atoms with van der Waals surface area (Å²) in [4.78, 5) is 65.6. The molecule has 0 spiro atoms. The van der Waals surface area contributed by atoms with Crippen molar-refractivity contribution in [3.05, 3.63) is 41.2 Å². The summed E-state index contributed by atoms with van der Waals surface area (Å²) < 4.78 is 40.0. The number of rotatable bonds is 15. The molecule has 2 aliphatic heterocycles. The average molecular weight is 730 g/mol. The van der Waals surface area contributed by atoms with Crippen LogP contribution in [-0.4, -0.2) is 101 Å². The molecule has 14 nitrogen and oxygen atoms in total. The van der Waals surface area contributed by atoms with Crippen molar-refractivity contribution < 1.29 is 42.2 Å². The van der Waals surface area contributed by atoms with Gasteiger partial charge in [0.2, 0.25) is 11.8 Å². The normalized spacial score (nSPS) is 20.8. The van der Waals surface area contributed by atoms with E-state index in [9.17, 15) is 32.8 Å². The molecule has 3 aliphatic rings. The standard InChI is InChI=1S/C36H49F2N7O7/c1-36(2,3)52-35(50)40-26-21-44(42-30(26)31(37)38)23-12-10-22(11-13-23)20-43(4)17-7-19-51-18-6-16-39-25-9-5-8-24-29(25)34(49)45(33(24)48)27-14-15-28(46)41-32(27)47/h5,8-9,21-23,27,31,39H,6-7,10-20H2,1-4H3,(H,40,50)(H,41,46,47)/t22-,23-,27?. The lowest BCUT2D eigenvalue weighted by Gasteiger charge is -2.31. The fourth-order valence-corrected chi connectivity index (χ4v) is 6.99. The number of nitrogens with one attached hydrogen (secondary N) is 3. The van der Waals surface area contributed by atoms with Crippen LogP contribution in [0.25, 0.3) is 0 Å². The number of fused-ring (bicyclic) bond motifs is 1. The van der Waals surface area contributed by atoms with Crippen molar-refractivity contribution in [1.82, 2.24) is 24.9 Å². The molecule has 52 heavy (non-hydrogen) atoms. The number of benzene rings is 1. The van der Waals surface area contributed by atoms with Crippen LogP contribution < -0.4 is 16.0 Å². The average Bonchev–Trinajstić information content (AvgIpc) is 3.60. The molecule has 2 aromatic rings. The molecule has 5 amide bonds. The van der Waals surface area contributed by atoms with E-state index in [2.05, 4.69) is 33.0 Å². The van der Waals surface area contributed by atoms with Crippen molar-refractivity contribution in [3.63, 3.8) is 0 Å². The lowest BCUT2D eigenvalue weighted by atomic mass is 9.86. The van der Waals surface area contributed by atoms with Crippen LogP contribution in [-0.2, 0) is 19.1 Å². The van der Waals surface area contributed by atoms with Gasteiger partial charge in [-0.15, -0.1) is 0 Å². The third-order valence-electron chi connectivity index (χ3n) is 9.44. The summed E-state index contributed by atoms with van der Waals surface area (Å²) in [6.07, 6.45) is 3.06. The quantitative estimate of drug-likeness (QED) is 0.165. The third-order valence-corrected chi connectivity index (χ3v) is 9.44. The molecule has 1 saturated heterocycles. The first kappa shape index (κ1) is 38.8. The zero-order valence-corrected chi connectivity index (χ0v) is 30.2. The number of ether oxygens (including phenoxy) is 2. The number of piperidine rings is 1. The third kappa shape index (κ3) is 9.70. The molecule has 1 aliphatic carbocycles. The molecule has 1 atom stereocenters. The summed E-state index contributed by atoms with van der Waals surface area (Å²) in [7, 11) is 2.08. The number of carbonyl (C=O) groups excluding carboxylic acids is 5. The Bertz CT molecular complexity index is 1630. The highest BCUT2D eigenvalue weighted by Gasteiger charge is 2.45. The van der Waals surface area contributed by atoms with Gasteiger partial charge < -0.3 is 19.7 Å². The maximum Gasteiger partial charge on any atom is 0.412 e. The van der Waals surface area contributed by atoms with E-state index in [0.29, 0.717) is 37.8 Å². The monoisotopic (exact) mass is 729 g/mol. The summed E-state index contributed by atoms with van der Waals surface area (Å²) in [5, 5.41) is 12.0. The number of hydrogen-bond acceptors (Lipinski definition) is 10. The second kappa shape index (κ2) is 16.9. The van der Waals surface area contributed by atoms with Crippen LogP contribution in [0.5, 0.6) is 0 Å². The minimum atomic E-state index is -2.83. The first-order valence-corrected chi connectivity index (χ1v) is 17.9. The topological polar surface area (TPSA) is 164 Å². The zero-order valence-electron chi connectivity index (χ0n) is 30.2. The lowest BCUT2D eigenvalue weighted by Crippen LogP contribution is -2.54. The number of aromatic nitrogens is 2. The van der Waals surface area contributed by atoms with E-state index in [1.165, 1.54) is 6.20 Å². The number of amides is 5. The molecule has 1 aromatic heterocycles. The highest BCUT2D eigenvalue weighted by atomic mass is 19.3. The van der Waals surface area contributed by atoms with Crippen LogP contribution in [0.3, 0.4) is 0 Å². The Kier molecular flexibility index (Phi) is 12.6. The molecule has 0 bridgehead atoms. The number of carbonyl (C=O) groups is 5. The SMILES string of the molecule is CN(CCCOCCCNc1cccc2c1C(=O)N(C1CCC(=O)NC1=O)C2=O)C[C@H]1CC[C@H](n2cc(NC(=O)OC(C)(C)C)c(C(F)F)n2)CC1. The van der Waals surface area contributed by atoms with Crippen molar-refractivity contribution in [1.29, 1.82) is 0 Å². The molecule has 16 heteroatoms. The van der Waals surface area contributed by atoms with Crippen molar-refractivity contribution in [3.8, 4) is 0 Å². The Hall–Kier alpha value is -4.44. The van der Waals surface area contributed by atoms with Gasteiger partial charge in [0.05, 0.1) is 22.9 Å². The van der Waals surface area contributed by atoms with Crippen LogP contribution in [0.4, 0.5) is 25.0 Å². The van der Waals surface area contributed by atoms with Gasteiger partial charge in [-0.3, -0.25) is 39.4 Å². The molecule has 3 N–H and O–H groups in total. The van der Waals surface area contributed by atoms with Crippen LogP contribution in [0.1, 0.15) is 111 Å². The molecule has 3 heterocycles. The molecule has 0 radical (unpaired) electrons.